The second-order valence-electron chi connectivity index (χ2n) is 6.19. The number of benzene rings is 1. The number of hydrogen-bond acceptors (Lipinski definition) is 5. The normalized spacial score (nSPS) is 12.2. The zero-order valence-corrected chi connectivity index (χ0v) is 14.6. The van der Waals surface area contributed by atoms with Crippen LogP contribution in [0.4, 0.5) is 5.69 Å². The molecule has 4 aromatic rings. The summed E-state index contributed by atoms with van der Waals surface area (Å²) in [5, 5.41) is 0.349. The minimum atomic E-state index is -0.539. The molecular formula is C20H17N5O2. The van der Waals surface area contributed by atoms with Crippen LogP contribution in [-0.4, -0.2) is 19.1 Å². The van der Waals surface area contributed by atoms with Gasteiger partial charge in [0.15, 0.2) is 5.65 Å². The van der Waals surface area contributed by atoms with Gasteiger partial charge in [0, 0.05) is 18.1 Å². The molecule has 0 bridgehead atoms. The molecule has 134 valence electrons. The first-order valence-corrected chi connectivity index (χ1v) is 8.47. The van der Waals surface area contributed by atoms with Crippen molar-refractivity contribution in [1.29, 1.82) is 0 Å². The van der Waals surface area contributed by atoms with E-state index in [9.17, 15) is 9.59 Å². The maximum absolute atomic E-state index is 13.3. The number of nitrogen functional groups attached to an aromatic ring is 1. The average Bonchev–Trinajstić information content (AvgIpc) is 2.69. The van der Waals surface area contributed by atoms with Crippen molar-refractivity contribution < 1.29 is 0 Å². The number of nitrogens with zero attached hydrogens (tertiary/aromatic N) is 4. The van der Waals surface area contributed by atoms with Gasteiger partial charge < -0.3 is 5.73 Å². The molecule has 3 heterocycles. The third kappa shape index (κ3) is 2.79. The molecule has 1 atom stereocenters. The summed E-state index contributed by atoms with van der Waals surface area (Å²) in [6, 6.07) is 15.1. The summed E-state index contributed by atoms with van der Waals surface area (Å²) in [5.41, 5.74) is 6.98. The summed E-state index contributed by atoms with van der Waals surface area (Å²) < 4.78 is 2.61. The highest BCUT2D eigenvalue weighted by molar-refractivity contribution is 5.75. The van der Waals surface area contributed by atoms with Crippen LogP contribution >= 0.6 is 0 Å². The third-order valence-corrected chi connectivity index (χ3v) is 4.48. The lowest BCUT2D eigenvalue weighted by atomic mass is 10.2. The van der Waals surface area contributed by atoms with Crippen molar-refractivity contribution in [2.75, 3.05) is 5.73 Å². The second kappa shape index (κ2) is 6.53. The number of pyridine rings is 2. The molecule has 0 fully saturated rings. The van der Waals surface area contributed by atoms with Crippen molar-refractivity contribution in [2.45, 2.75) is 13.0 Å². The summed E-state index contributed by atoms with van der Waals surface area (Å²) >= 11 is 0. The van der Waals surface area contributed by atoms with E-state index in [1.54, 1.807) is 67.8 Å². The van der Waals surface area contributed by atoms with Crippen molar-refractivity contribution in [1.82, 2.24) is 19.1 Å². The molecule has 27 heavy (non-hydrogen) atoms. The number of nitrogens with two attached hydrogens (primary N) is 1. The van der Waals surface area contributed by atoms with E-state index in [0.29, 0.717) is 28.1 Å². The van der Waals surface area contributed by atoms with Gasteiger partial charge in [0.05, 0.1) is 22.8 Å². The van der Waals surface area contributed by atoms with Gasteiger partial charge in [-0.25, -0.2) is 14.3 Å². The van der Waals surface area contributed by atoms with E-state index in [1.165, 1.54) is 9.13 Å². The summed E-state index contributed by atoms with van der Waals surface area (Å²) in [5.74, 6) is 0. The van der Waals surface area contributed by atoms with E-state index in [-0.39, 0.29) is 0 Å². The minimum Gasteiger partial charge on any atom is -0.399 e. The zero-order valence-electron chi connectivity index (χ0n) is 14.6. The van der Waals surface area contributed by atoms with E-state index >= 15 is 0 Å². The largest absolute Gasteiger partial charge is 0.399 e. The van der Waals surface area contributed by atoms with E-state index < -0.39 is 17.3 Å². The Bertz CT molecular complexity index is 1240. The van der Waals surface area contributed by atoms with Crippen LogP contribution in [0.25, 0.3) is 16.7 Å². The van der Waals surface area contributed by atoms with Crippen LogP contribution in [0.5, 0.6) is 0 Å². The van der Waals surface area contributed by atoms with E-state index in [1.807, 2.05) is 6.07 Å². The van der Waals surface area contributed by atoms with Crippen molar-refractivity contribution >= 4 is 16.7 Å². The van der Waals surface area contributed by atoms with Crippen molar-refractivity contribution in [3.63, 3.8) is 0 Å². The second-order valence-corrected chi connectivity index (χ2v) is 6.19. The molecule has 0 aliphatic heterocycles. The number of fused-ring (bicyclic) bond motifs is 1. The van der Waals surface area contributed by atoms with Crippen molar-refractivity contribution in [2.24, 2.45) is 0 Å². The monoisotopic (exact) mass is 359 g/mol. The molecule has 0 aliphatic rings. The Morgan fingerprint density at radius 2 is 1.78 bits per heavy atom. The Kier molecular flexibility index (Phi) is 4.04. The quantitative estimate of drug-likeness (QED) is 0.565. The molecular weight excluding hydrogens is 342 g/mol. The zero-order chi connectivity index (χ0) is 19.0. The molecule has 0 saturated heterocycles. The van der Waals surface area contributed by atoms with Crippen LogP contribution < -0.4 is 17.0 Å². The Balaban J connectivity index is 2.10. The van der Waals surface area contributed by atoms with Crippen molar-refractivity contribution in [3.8, 4) is 5.69 Å². The first-order chi connectivity index (χ1) is 13.1. The molecule has 7 nitrogen and oxygen atoms in total. The van der Waals surface area contributed by atoms with E-state index in [2.05, 4.69) is 9.97 Å². The Morgan fingerprint density at radius 1 is 0.963 bits per heavy atom. The Hall–Kier alpha value is -3.74. The molecule has 0 aliphatic carbocycles. The number of hydrogen-bond donors (Lipinski definition) is 1. The fourth-order valence-corrected chi connectivity index (χ4v) is 3.15. The maximum Gasteiger partial charge on any atom is 0.337 e. The van der Waals surface area contributed by atoms with E-state index in [0.717, 1.165) is 0 Å². The predicted molar refractivity (Wildman–Crippen MR) is 104 cm³/mol. The predicted octanol–water partition coefficient (Wildman–Crippen LogP) is 2.13. The van der Waals surface area contributed by atoms with Gasteiger partial charge in [0.25, 0.3) is 5.56 Å². The van der Waals surface area contributed by atoms with E-state index in [4.69, 9.17) is 5.73 Å². The smallest absolute Gasteiger partial charge is 0.337 e. The van der Waals surface area contributed by atoms with Gasteiger partial charge in [-0.2, -0.15) is 0 Å². The highest BCUT2D eigenvalue weighted by Gasteiger charge is 2.20. The van der Waals surface area contributed by atoms with Crippen LogP contribution in [0.15, 0.2) is 76.6 Å². The highest BCUT2D eigenvalue weighted by Crippen LogP contribution is 2.17. The minimum absolute atomic E-state index is 0.294. The molecule has 2 N–H and O–H groups in total. The lowest BCUT2D eigenvalue weighted by Gasteiger charge is -2.18. The molecule has 4 rings (SSSR count). The van der Waals surface area contributed by atoms with Gasteiger partial charge in [0.2, 0.25) is 0 Å². The van der Waals surface area contributed by atoms with Crippen LogP contribution in [0.1, 0.15) is 18.7 Å². The molecule has 1 unspecified atom stereocenters. The molecule has 0 saturated carbocycles. The van der Waals surface area contributed by atoms with Crippen LogP contribution in [-0.2, 0) is 0 Å². The summed E-state index contributed by atoms with van der Waals surface area (Å²) in [4.78, 5) is 35.0. The molecule has 7 heteroatoms. The third-order valence-electron chi connectivity index (χ3n) is 4.48. The fourth-order valence-electron chi connectivity index (χ4n) is 3.15. The lowest BCUT2D eigenvalue weighted by Crippen LogP contribution is -2.42. The van der Waals surface area contributed by atoms with Gasteiger partial charge >= 0.3 is 5.69 Å². The summed E-state index contributed by atoms with van der Waals surface area (Å²) in [6.45, 7) is 1.77. The molecule has 0 amide bonds. The van der Waals surface area contributed by atoms with Gasteiger partial charge in [-0.3, -0.25) is 14.3 Å². The van der Waals surface area contributed by atoms with Gasteiger partial charge in [-0.05, 0) is 49.4 Å². The average molecular weight is 359 g/mol. The molecule has 3 aromatic heterocycles. The van der Waals surface area contributed by atoms with Crippen molar-refractivity contribution in [3.05, 3.63) is 93.5 Å². The van der Waals surface area contributed by atoms with Gasteiger partial charge in [0.1, 0.15) is 0 Å². The fraction of sp³-hybridized carbons (Fsp3) is 0.100. The molecule has 0 spiro atoms. The summed E-state index contributed by atoms with van der Waals surface area (Å²) in [6.07, 6.45) is 3.19. The summed E-state index contributed by atoms with van der Waals surface area (Å²) in [7, 11) is 0. The van der Waals surface area contributed by atoms with Gasteiger partial charge in [-0.1, -0.05) is 12.1 Å². The molecule has 0 radical (unpaired) electrons. The SMILES string of the molecule is CC(c1ccccn1)n1c(=O)c2cccnc2n(-c2cccc(N)c2)c1=O. The Labute approximate surface area is 154 Å². The Morgan fingerprint density at radius 3 is 2.52 bits per heavy atom. The van der Waals surface area contributed by atoms with Gasteiger partial charge in [-0.15, -0.1) is 0 Å². The number of rotatable bonds is 3. The standard InChI is InChI=1S/C20H17N5O2/c1-13(17-9-2-3-10-22-17)24-19(26)16-8-5-11-23-18(16)25(20(24)27)15-7-4-6-14(21)12-15/h2-13H,21H2,1H3. The van der Waals surface area contributed by atoms with Crippen LogP contribution in [0, 0.1) is 0 Å². The number of anilines is 1. The highest BCUT2D eigenvalue weighted by atomic mass is 16.2. The molecule has 1 aromatic carbocycles. The number of aromatic nitrogens is 4. The lowest BCUT2D eigenvalue weighted by molar-refractivity contribution is 0.559. The first-order valence-electron chi connectivity index (χ1n) is 8.47. The first kappa shape index (κ1) is 16.7. The maximum atomic E-state index is 13.3. The van der Waals surface area contributed by atoms with Crippen LogP contribution in [0.2, 0.25) is 0 Å². The topological polar surface area (TPSA) is 95.8 Å². The van der Waals surface area contributed by atoms with Crippen LogP contribution in [0.3, 0.4) is 0 Å².